The molecule has 3 rings (SSSR count). The van der Waals surface area contributed by atoms with Crippen molar-refractivity contribution in [2.75, 3.05) is 6.54 Å². The summed E-state index contributed by atoms with van der Waals surface area (Å²) < 4.78 is 13.5. The Labute approximate surface area is 201 Å². The minimum atomic E-state index is -0.601. The molecule has 0 fully saturated rings. The molecular formula is C29H33FN2O2. The topological polar surface area (TPSA) is 49.4 Å². The largest absolute Gasteiger partial charge is 0.354 e. The number of hydrogen-bond acceptors (Lipinski definition) is 2. The molecule has 34 heavy (non-hydrogen) atoms. The molecule has 1 atom stereocenters. The van der Waals surface area contributed by atoms with Crippen LogP contribution in [-0.4, -0.2) is 29.3 Å². The second kappa shape index (κ2) is 12.7. The van der Waals surface area contributed by atoms with E-state index in [1.54, 1.807) is 17.0 Å². The van der Waals surface area contributed by atoms with Gasteiger partial charge < -0.3 is 10.2 Å². The van der Waals surface area contributed by atoms with Gasteiger partial charge >= 0.3 is 0 Å². The Bertz CT molecular complexity index is 999. The van der Waals surface area contributed by atoms with E-state index < -0.39 is 6.04 Å². The molecule has 3 aromatic rings. The van der Waals surface area contributed by atoms with E-state index in [0.717, 1.165) is 23.1 Å². The van der Waals surface area contributed by atoms with Crippen LogP contribution in [0.15, 0.2) is 84.9 Å². The molecule has 3 aromatic carbocycles. The lowest BCUT2D eigenvalue weighted by atomic mass is 9.88. The Morgan fingerprint density at radius 2 is 1.41 bits per heavy atom. The fraction of sp³-hybridized carbons (Fsp3) is 0.310. The lowest BCUT2D eigenvalue weighted by Gasteiger charge is -2.32. The number of rotatable bonds is 11. The molecule has 0 aromatic heterocycles. The van der Waals surface area contributed by atoms with E-state index in [0.29, 0.717) is 13.0 Å². The first kappa shape index (κ1) is 25.2. The van der Waals surface area contributed by atoms with Crippen molar-refractivity contribution < 1.29 is 14.0 Å². The number of carbonyl (C=O) groups excluding carboxylic acids is 2. The van der Waals surface area contributed by atoms with Gasteiger partial charge in [0.15, 0.2) is 0 Å². The zero-order valence-electron chi connectivity index (χ0n) is 19.9. The van der Waals surface area contributed by atoms with Gasteiger partial charge in [-0.05, 0) is 41.7 Å². The van der Waals surface area contributed by atoms with Crippen LogP contribution < -0.4 is 5.32 Å². The third-order valence-electron chi connectivity index (χ3n) is 5.98. The average molecular weight is 461 g/mol. The van der Waals surface area contributed by atoms with E-state index in [1.165, 1.54) is 12.1 Å². The predicted molar refractivity (Wildman–Crippen MR) is 134 cm³/mol. The van der Waals surface area contributed by atoms with E-state index in [-0.39, 0.29) is 36.5 Å². The van der Waals surface area contributed by atoms with E-state index >= 15 is 0 Å². The molecule has 1 N–H and O–H groups in total. The average Bonchev–Trinajstić information content (AvgIpc) is 2.88. The molecule has 178 valence electrons. The number of benzene rings is 3. The van der Waals surface area contributed by atoms with E-state index in [9.17, 15) is 14.0 Å². The number of halogens is 1. The van der Waals surface area contributed by atoms with Crippen molar-refractivity contribution in [2.24, 2.45) is 0 Å². The molecule has 0 radical (unpaired) electrons. The van der Waals surface area contributed by atoms with Crippen molar-refractivity contribution in [3.8, 4) is 0 Å². The Hall–Kier alpha value is -3.47. The third kappa shape index (κ3) is 6.77. The summed E-state index contributed by atoms with van der Waals surface area (Å²) in [5.74, 6) is -0.735. The summed E-state index contributed by atoms with van der Waals surface area (Å²) in [5.41, 5.74) is 2.88. The predicted octanol–water partition coefficient (Wildman–Crippen LogP) is 5.68. The number of nitrogens with one attached hydrogen (secondary N) is 1. The number of nitrogens with zero attached hydrogens (tertiary/aromatic N) is 1. The number of hydrogen-bond donors (Lipinski definition) is 1. The van der Waals surface area contributed by atoms with Crippen molar-refractivity contribution in [3.63, 3.8) is 0 Å². The van der Waals surface area contributed by atoms with Gasteiger partial charge in [-0.1, -0.05) is 86.6 Å². The maximum Gasteiger partial charge on any atom is 0.242 e. The molecule has 0 saturated carbocycles. The van der Waals surface area contributed by atoms with Crippen LogP contribution in [0.25, 0.3) is 0 Å². The SMILES string of the molecule is CCCNC(=O)[C@H](CC)N(Cc1ccc(F)cc1)C(=O)CC(c1ccccc1)c1ccccc1. The van der Waals surface area contributed by atoms with Gasteiger partial charge in [0.2, 0.25) is 11.8 Å². The molecule has 2 amide bonds. The lowest BCUT2D eigenvalue weighted by molar-refractivity contribution is -0.141. The maximum atomic E-state index is 13.8. The minimum absolute atomic E-state index is 0.111. The zero-order valence-corrected chi connectivity index (χ0v) is 19.9. The molecule has 0 bridgehead atoms. The first-order valence-electron chi connectivity index (χ1n) is 11.9. The molecule has 4 nitrogen and oxygen atoms in total. The van der Waals surface area contributed by atoms with Crippen molar-refractivity contribution in [1.29, 1.82) is 0 Å². The lowest BCUT2D eigenvalue weighted by Crippen LogP contribution is -2.49. The van der Waals surface area contributed by atoms with Gasteiger partial charge in [-0.25, -0.2) is 4.39 Å². The molecule has 0 aliphatic carbocycles. The van der Waals surface area contributed by atoms with E-state index in [1.807, 2.05) is 74.5 Å². The van der Waals surface area contributed by atoms with Gasteiger partial charge in [0.25, 0.3) is 0 Å². The first-order chi connectivity index (χ1) is 16.5. The summed E-state index contributed by atoms with van der Waals surface area (Å²) in [6.07, 6.45) is 1.54. The molecule has 0 unspecified atom stereocenters. The molecule has 0 saturated heterocycles. The highest BCUT2D eigenvalue weighted by Gasteiger charge is 2.30. The monoisotopic (exact) mass is 460 g/mol. The Balaban J connectivity index is 1.93. The fourth-order valence-corrected chi connectivity index (χ4v) is 4.16. The summed E-state index contributed by atoms with van der Waals surface area (Å²) in [5, 5.41) is 2.94. The normalized spacial score (nSPS) is 11.8. The third-order valence-corrected chi connectivity index (χ3v) is 5.98. The minimum Gasteiger partial charge on any atom is -0.354 e. The summed E-state index contributed by atoms with van der Waals surface area (Å²) in [6.45, 7) is 4.71. The molecule has 0 aliphatic heterocycles. The van der Waals surface area contributed by atoms with Crippen LogP contribution >= 0.6 is 0 Å². The van der Waals surface area contributed by atoms with Gasteiger partial charge in [0.1, 0.15) is 11.9 Å². The van der Waals surface area contributed by atoms with Crippen LogP contribution in [0.5, 0.6) is 0 Å². The second-order valence-electron chi connectivity index (χ2n) is 8.44. The van der Waals surface area contributed by atoms with Gasteiger partial charge in [0.05, 0.1) is 0 Å². The van der Waals surface area contributed by atoms with Crippen LogP contribution in [0, 0.1) is 5.82 Å². The fourth-order valence-electron chi connectivity index (χ4n) is 4.16. The smallest absolute Gasteiger partial charge is 0.242 e. The quantitative estimate of drug-likeness (QED) is 0.400. The Kier molecular flexibility index (Phi) is 9.39. The molecule has 0 heterocycles. The van der Waals surface area contributed by atoms with Crippen LogP contribution in [0.2, 0.25) is 0 Å². The summed E-state index contributed by atoms with van der Waals surface area (Å²) in [4.78, 5) is 28.5. The maximum absolute atomic E-state index is 13.8. The van der Waals surface area contributed by atoms with Gasteiger partial charge in [-0.2, -0.15) is 0 Å². The summed E-state index contributed by atoms with van der Waals surface area (Å²) in [6, 6.07) is 25.4. The molecular weight excluding hydrogens is 427 g/mol. The highest BCUT2D eigenvalue weighted by atomic mass is 19.1. The zero-order chi connectivity index (χ0) is 24.3. The van der Waals surface area contributed by atoms with Crippen molar-refractivity contribution in [1.82, 2.24) is 10.2 Å². The summed E-state index contributed by atoms with van der Waals surface area (Å²) in [7, 11) is 0. The number of carbonyl (C=O) groups is 2. The van der Waals surface area contributed by atoms with Crippen molar-refractivity contribution >= 4 is 11.8 Å². The van der Waals surface area contributed by atoms with Gasteiger partial charge in [-0.15, -0.1) is 0 Å². The van der Waals surface area contributed by atoms with Crippen molar-refractivity contribution in [2.45, 2.75) is 51.6 Å². The highest BCUT2D eigenvalue weighted by Crippen LogP contribution is 2.29. The van der Waals surface area contributed by atoms with E-state index in [4.69, 9.17) is 0 Å². The highest BCUT2D eigenvalue weighted by molar-refractivity contribution is 5.88. The second-order valence-corrected chi connectivity index (χ2v) is 8.44. The standard InChI is InChI=1S/C29H33FN2O2/c1-3-19-31-29(34)27(4-2)32(21-22-15-17-25(30)18-16-22)28(33)20-26(23-11-7-5-8-12-23)24-13-9-6-10-14-24/h5-18,26-27H,3-4,19-21H2,1-2H3,(H,31,34)/t27-/m0/s1. The molecule has 0 spiro atoms. The Morgan fingerprint density at radius 1 is 0.853 bits per heavy atom. The molecule has 0 aliphatic rings. The van der Waals surface area contributed by atoms with Gasteiger partial charge in [-0.3, -0.25) is 9.59 Å². The number of amides is 2. The van der Waals surface area contributed by atoms with Crippen molar-refractivity contribution in [3.05, 3.63) is 107 Å². The van der Waals surface area contributed by atoms with Crippen LogP contribution in [0.1, 0.15) is 55.7 Å². The molecule has 5 heteroatoms. The van der Waals surface area contributed by atoms with Crippen LogP contribution in [0.3, 0.4) is 0 Å². The van der Waals surface area contributed by atoms with E-state index in [2.05, 4.69) is 5.32 Å². The van der Waals surface area contributed by atoms with Crippen LogP contribution in [-0.2, 0) is 16.1 Å². The van der Waals surface area contributed by atoms with Crippen LogP contribution in [0.4, 0.5) is 4.39 Å². The Morgan fingerprint density at radius 3 is 1.91 bits per heavy atom. The summed E-state index contributed by atoms with van der Waals surface area (Å²) >= 11 is 0. The first-order valence-corrected chi connectivity index (χ1v) is 11.9. The van der Waals surface area contributed by atoms with Gasteiger partial charge in [0, 0.05) is 25.4 Å².